The number of aryl methyl sites for hydroxylation is 1. The molecule has 0 aliphatic carbocycles. The molecule has 0 radical (unpaired) electrons. The van der Waals surface area contributed by atoms with Crippen molar-refractivity contribution >= 4 is 38.9 Å². The third-order valence-electron chi connectivity index (χ3n) is 6.83. The Balaban J connectivity index is 1.29. The number of imidazole rings is 1. The maximum absolute atomic E-state index is 6.31. The molecule has 1 aliphatic heterocycles. The largest absolute Gasteiger partial charge is 0.439 e. The zero-order chi connectivity index (χ0) is 24.2. The van der Waals surface area contributed by atoms with Crippen LogP contribution in [-0.4, -0.2) is 32.8 Å². The van der Waals surface area contributed by atoms with E-state index in [4.69, 9.17) is 4.74 Å². The molecule has 7 nitrogen and oxygen atoms in total. The number of pyridine rings is 1. The molecule has 3 aromatic carbocycles. The summed E-state index contributed by atoms with van der Waals surface area (Å²) in [5.41, 5.74) is 5.58. The zero-order valence-electron chi connectivity index (χ0n) is 20.0. The van der Waals surface area contributed by atoms with Crippen molar-refractivity contribution in [3.63, 3.8) is 0 Å². The van der Waals surface area contributed by atoms with Gasteiger partial charge >= 0.3 is 0 Å². The highest BCUT2D eigenvalue weighted by Crippen LogP contribution is 2.40. The molecule has 0 N–H and O–H groups in total. The smallest absolute Gasteiger partial charge is 0.221 e. The Kier molecular flexibility index (Phi) is 4.51. The third-order valence-corrected chi connectivity index (χ3v) is 6.83. The molecule has 176 valence electrons. The molecule has 0 unspecified atom stereocenters. The predicted octanol–water partition coefficient (Wildman–Crippen LogP) is 6.25. The van der Waals surface area contributed by atoms with Crippen LogP contribution >= 0.6 is 0 Å². The van der Waals surface area contributed by atoms with Gasteiger partial charge in [-0.2, -0.15) is 0 Å². The second-order valence-corrected chi connectivity index (χ2v) is 9.08. The van der Waals surface area contributed by atoms with E-state index in [0.717, 1.165) is 40.5 Å². The van der Waals surface area contributed by atoms with Gasteiger partial charge in [-0.15, -0.1) is 0 Å². The van der Waals surface area contributed by atoms with Crippen molar-refractivity contribution < 1.29 is 4.74 Å². The molecule has 0 saturated carbocycles. The molecule has 7 rings (SSSR count). The van der Waals surface area contributed by atoms with Crippen molar-refractivity contribution in [1.82, 2.24) is 19.1 Å². The molecule has 0 spiro atoms. The van der Waals surface area contributed by atoms with Crippen LogP contribution in [0, 0.1) is 0 Å². The average Bonchev–Trinajstić information content (AvgIpc) is 3.57. The van der Waals surface area contributed by atoms with Crippen LogP contribution in [-0.2, 0) is 7.05 Å². The summed E-state index contributed by atoms with van der Waals surface area (Å²) in [6, 6.07) is 27.0. The fourth-order valence-corrected chi connectivity index (χ4v) is 5.15. The van der Waals surface area contributed by atoms with E-state index >= 15 is 0 Å². The minimum Gasteiger partial charge on any atom is -0.439 e. The van der Waals surface area contributed by atoms with Crippen molar-refractivity contribution in [1.29, 1.82) is 0 Å². The Labute approximate surface area is 208 Å². The third kappa shape index (κ3) is 3.13. The Morgan fingerprint density at radius 1 is 0.750 bits per heavy atom. The fraction of sp³-hybridized carbons (Fsp3) is 0.103. The highest BCUT2D eigenvalue weighted by Gasteiger charge is 2.24. The summed E-state index contributed by atoms with van der Waals surface area (Å²) in [6.07, 6.45) is 5.58. The number of aromatic nitrogens is 4. The maximum atomic E-state index is 6.31. The summed E-state index contributed by atoms with van der Waals surface area (Å²) in [4.78, 5) is 13.6. The Hall–Kier alpha value is -4.78. The first-order valence-electron chi connectivity index (χ1n) is 11.9. The summed E-state index contributed by atoms with van der Waals surface area (Å²) >= 11 is 0. The molecular weight excluding hydrogens is 448 g/mol. The van der Waals surface area contributed by atoms with E-state index in [1.807, 2.05) is 42.2 Å². The van der Waals surface area contributed by atoms with E-state index in [1.165, 1.54) is 16.8 Å². The second kappa shape index (κ2) is 7.88. The SMILES string of the molecule is CN1CN(c2ccnc(Oc3ccc4c5ccccc5n(-c5nccn5C)c4c3)c2)c2ccccc21. The fourth-order valence-electron chi connectivity index (χ4n) is 5.15. The number of nitrogens with zero attached hydrogens (tertiary/aromatic N) is 6. The van der Waals surface area contributed by atoms with Gasteiger partial charge in [0.2, 0.25) is 11.8 Å². The van der Waals surface area contributed by atoms with Gasteiger partial charge in [-0.1, -0.05) is 30.3 Å². The molecule has 3 aromatic heterocycles. The van der Waals surface area contributed by atoms with Gasteiger partial charge in [0, 0.05) is 61.3 Å². The molecule has 0 fully saturated rings. The number of anilines is 3. The number of benzene rings is 3. The Morgan fingerprint density at radius 2 is 1.56 bits per heavy atom. The number of para-hydroxylation sites is 3. The minimum atomic E-state index is 0.554. The first-order valence-corrected chi connectivity index (χ1v) is 11.9. The normalized spacial score (nSPS) is 13.1. The molecule has 7 heteroatoms. The van der Waals surface area contributed by atoms with Gasteiger partial charge in [-0.3, -0.25) is 4.57 Å². The zero-order valence-corrected chi connectivity index (χ0v) is 20.0. The van der Waals surface area contributed by atoms with Crippen LogP contribution in [0.15, 0.2) is 97.5 Å². The van der Waals surface area contributed by atoms with Gasteiger partial charge in [0.1, 0.15) is 5.75 Å². The van der Waals surface area contributed by atoms with E-state index in [0.29, 0.717) is 5.88 Å². The Morgan fingerprint density at radius 3 is 2.42 bits per heavy atom. The summed E-state index contributed by atoms with van der Waals surface area (Å²) in [7, 11) is 4.11. The lowest BCUT2D eigenvalue weighted by molar-refractivity contribution is 0.463. The number of fused-ring (bicyclic) bond motifs is 4. The predicted molar refractivity (Wildman–Crippen MR) is 144 cm³/mol. The second-order valence-electron chi connectivity index (χ2n) is 9.08. The summed E-state index contributed by atoms with van der Waals surface area (Å²) in [5.74, 6) is 2.14. The molecule has 6 aromatic rings. The van der Waals surface area contributed by atoms with E-state index in [-0.39, 0.29) is 0 Å². The van der Waals surface area contributed by atoms with Crippen molar-refractivity contribution in [3.8, 4) is 17.6 Å². The quantitative estimate of drug-likeness (QED) is 0.304. The number of rotatable bonds is 4. The van der Waals surface area contributed by atoms with Crippen molar-refractivity contribution in [3.05, 3.63) is 97.5 Å². The first-order chi connectivity index (χ1) is 17.7. The number of hydrogen-bond acceptors (Lipinski definition) is 5. The van der Waals surface area contributed by atoms with Crippen LogP contribution in [0.1, 0.15) is 0 Å². The molecule has 0 bridgehead atoms. The van der Waals surface area contributed by atoms with Crippen molar-refractivity contribution in [2.24, 2.45) is 7.05 Å². The monoisotopic (exact) mass is 472 g/mol. The highest BCUT2D eigenvalue weighted by molar-refractivity contribution is 6.09. The van der Waals surface area contributed by atoms with Gasteiger partial charge in [-0.05, 0) is 36.4 Å². The van der Waals surface area contributed by atoms with Crippen LogP contribution in [0.2, 0.25) is 0 Å². The van der Waals surface area contributed by atoms with Crippen molar-refractivity contribution in [2.75, 3.05) is 23.5 Å². The van der Waals surface area contributed by atoms with Crippen LogP contribution in [0.4, 0.5) is 17.1 Å². The lowest BCUT2D eigenvalue weighted by Crippen LogP contribution is -2.23. The van der Waals surface area contributed by atoms with E-state index in [2.05, 4.69) is 92.0 Å². The summed E-state index contributed by atoms with van der Waals surface area (Å²) in [6.45, 7) is 0.776. The highest BCUT2D eigenvalue weighted by atomic mass is 16.5. The summed E-state index contributed by atoms with van der Waals surface area (Å²) < 4.78 is 10.5. The molecule has 1 aliphatic rings. The summed E-state index contributed by atoms with van der Waals surface area (Å²) in [5, 5.41) is 2.33. The van der Waals surface area contributed by atoms with Crippen LogP contribution < -0.4 is 14.5 Å². The van der Waals surface area contributed by atoms with Crippen LogP contribution in [0.25, 0.3) is 27.8 Å². The Bertz CT molecular complexity index is 1750. The van der Waals surface area contributed by atoms with Gasteiger partial charge < -0.3 is 19.1 Å². The van der Waals surface area contributed by atoms with Gasteiger partial charge in [0.15, 0.2) is 0 Å². The minimum absolute atomic E-state index is 0.554. The number of ether oxygens (including phenoxy) is 1. The molecule has 4 heterocycles. The van der Waals surface area contributed by atoms with E-state index in [1.54, 1.807) is 6.20 Å². The van der Waals surface area contributed by atoms with Gasteiger partial charge in [0.05, 0.1) is 29.1 Å². The molecule has 0 saturated heterocycles. The molecular formula is C29H24N6O. The van der Waals surface area contributed by atoms with Crippen molar-refractivity contribution in [2.45, 2.75) is 0 Å². The topological polar surface area (TPSA) is 51.4 Å². The first kappa shape index (κ1) is 20.6. The lowest BCUT2D eigenvalue weighted by Gasteiger charge is -2.20. The van der Waals surface area contributed by atoms with Gasteiger partial charge in [-0.25, -0.2) is 9.97 Å². The van der Waals surface area contributed by atoms with E-state index < -0.39 is 0 Å². The average molecular weight is 473 g/mol. The molecule has 0 atom stereocenters. The number of hydrogen-bond donors (Lipinski definition) is 0. The van der Waals surface area contributed by atoms with Gasteiger partial charge in [0.25, 0.3) is 0 Å². The van der Waals surface area contributed by atoms with E-state index in [9.17, 15) is 0 Å². The standard InChI is InChI=1S/C29H24N6O/c1-32-16-15-31-29(32)35-24-8-4-3-7-22(24)23-12-11-21(18-27(23)35)36-28-17-20(13-14-30-28)34-19-33(2)25-9-5-6-10-26(25)34/h3-18H,19H2,1-2H3. The maximum Gasteiger partial charge on any atom is 0.221 e. The van der Waals surface area contributed by atoms with Crippen LogP contribution in [0.5, 0.6) is 11.6 Å². The lowest BCUT2D eigenvalue weighted by atomic mass is 10.1. The molecule has 0 amide bonds. The van der Waals surface area contributed by atoms with Crippen LogP contribution in [0.3, 0.4) is 0 Å². The molecule has 36 heavy (non-hydrogen) atoms.